The fourth-order valence-corrected chi connectivity index (χ4v) is 2.44. The quantitative estimate of drug-likeness (QED) is 0.692. The average Bonchev–Trinajstić information content (AvgIpc) is 2.66. The number of anilines is 1. The molecular weight excluding hydrogens is 358 g/mol. The molecule has 0 saturated carbocycles. The molecule has 0 aromatic heterocycles. The first-order valence-corrected chi connectivity index (χ1v) is 9.17. The van der Waals surface area contributed by atoms with Crippen molar-refractivity contribution in [1.29, 1.82) is 0 Å². The van der Waals surface area contributed by atoms with Gasteiger partial charge in [0.2, 0.25) is 0 Å². The van der Waals surface area contributed by atoms with Crippen LogP contribution in [-0.4, -0.2) is 31.2 Å². The molecule has 2 aromatic rings. The van der Waals surface area contributed by atoms with E-state index in [-0.39, 0.29) is 6.10 Å². The van der Waals surface area contributed by atoms with Crippen molar-refractivity contribution in [3.05, 3.63) is 59.2 Å². The number of benzene rings is 2. The van der Waals surface area contributed by atoms with E-state index in [2.05, 4.69) is 5.32 Å². The molecule has 2 rings (SSSR count). The first-order chi connectivity index (χ1) is 13.3. The van der Waals surface area contributed by atoms with E-state index in [1.165, 1.54) is 14.0 Å². The van der Waals surface area contributed by atoms with Crippen LogP contribution >= 0.6 is 0 Å². The SMILES string of the molecule is COc1ccc(C)cc1NC(=O)[C@H](C)OC(=O)c1ccc(COC(C)C)cc1. The van der Waals surface area contributed by atoms with Crippen molar-refractivity contribution in [2.24, 2.45) is 0 Å². The van der Waals surface area contributed by atoms with Crippen LogP contribution in [0.15, 0.2) is 42.5 Å². The maximum atomic E-state index is 12.4. The molecule has 2 aromatic carbocycles. The molecule has 1 N–H and O–H groups in total. The number of amides is 1. The number of aryl methyl sites for hydroxylation is 1. The molecule has 0 aliphatic heterocycles. The molecule has 0 heterocycles. The van der Waals surface area contributed by atoms with Gasteiger partial charge in [-0.15, -0.1) is 0 Å². The number of carbonyl (C=O) groups is 2. The molecule has 0 spiro atoms. The molecule has 0 fully saturated rings. The third-order valence-corrected chi connectivity index (χ3v) is 4.04. The van der Waals surface area contributed by atoms with Gasteiger partial charge in [0.1, 0.15) is 5.75 Å². The van der Waals surface area contributed by atoms with Gasteiger partial charge in [0, 0.05) is 0 Å². The van der Waals surface area contributed by atoms with E-state index in [1.54, 1.807) is 36.4 Å². The van der Waals surface area contributed by atoms with Crippen LogP contribution in [0.1, 0.15) is 42.3 Å². The number of carbonyl (C=O) groups excluding carboxylic acids is 2. The van der Waals surface area contributed by atoms with Crippen molar-refractivity contribution in [3.63, 3.8) is 0 Å². The molecule has 0 unspecified atom stereocenters. The van der Waals surface area contributed by atoms with Crippen LogP contribution in [0.5, 0.6) is 5.75 Å². The Morgan fingerprint density at radius 3 is 2.32 bits per heavy atom. The van der Waals surface area contributed by atoms with Crippen molar-refractivity contribution in [3.8, 4) is 5.75 Å². The lowest BCUT2D eigenvalue weighted by Crippen LogP contribution is -2.30. The number of hydrogen-bond donors (Lipinski definition) is 1. The maximum Gasteiger partial charge on any atom is 0.338 e. The zero-order chi connectivity index (χ0) is 20.7. The Balaban J connectivity index is 1.96. The van der Waals surface area contributed by atoms with Gasteiger partial charge in [-0.05, 0) is 63.1 Å². The maximum absolute atomic E-state index is 12.4. The van der Waals surface area contributed by atoms with E-state index in [0.717, 1.165) is 11.1 Å². The summed E-state index contributed by atoms with van der Waals surface area (Å²) in [6, 6.07) is 12.4. The highest BCUT2D eigenvalue weighted by Gasteiger charge is 2.20. The van der Waals surface area contributed by atoms with Crippen molar-refractivity contribution < 1.29 is 23.8 Å². The summed E-state index contributed by atoms with van der Waals surface area (Å²) in [7, 11) is 1.53. The smallest absolute Gasteiger partial charge is 0.338 e. The summed E-state index contributed by atoms with van der Waals surface area (Å²) in [4.78, 5) is 24.7. The number of rotatable bonds is 8. The van der Waals surface area contributed by atoms with Gasteiger partial charge in [-0.1, -0.05) is 18.2 Å². The fraction of sp³-hybridized carbons (Fsp3) is 0.364. The van der Waals surface area contributed by atoms with Crippen molar-refractivity contribution in [2.45, 2.75) is 46.5 Å². The van der Waals surface area contributed by atoms with E-state index in [9.17, 15) is 9.59 Å². The predicted octanol–water partition coefficient (Wildman–Crippen LogP) is 4.11. The Morgan fingerprint density at radius 1 is 1.04 bits per heavy atom. The lowest BCUT2D eigenvalue weighted by molar-refractivity contribution is -0.123. The van der Waals surface area contributed by atoms with Crippen LogP contribution in [-0.2, 0) is 20.9 Å². The third kappa shape index (κ3) is 6.09. The second-order valence-electron chi connectivity index (χ2n) is 6.80. The first-order valence-electron chi connectivity index (χ1n) is 9.17. The summed E-state index contributed by atoms with van der Waals surface area (Å²) in [6.45, 7) is 7.84. The number of nitrogens with one attached hydrogen (secondary N) is 1. The second kappa shape index (κ2) is 9.90. The van der Waals surface area contributed by atoms with Gasteiger partial charge in [0.05, 0.1) is 31.1 Å². The average molecular weight is 385 g/mol. The minimum absolute atomic E-state index is 0.135. The second-order valence-corrected chi connectivity index (χ2v) is 6.80. The molecule has 1 atom stereocenters. The number of methoxy groups -OCH3 is 1. The van der Waals surface area contributed by atoms with Crippen LogP contribution in [0.3, 0.4) is 0 Å². The normalized spacial score (nSPS) is 11.8. The summed E-state index contributed by atoms with van der Waals surface area (Å²) in [6.07, 6.45) is -0.822. The van der Waals surface area contributed by atoms with Crippen molar-refractivity contribution >= 4 is 17.6 Å². The van der Waals surface area contributed by atoms with Crippen LogP contribution < -0.4 is 10.1 Å². The van der Waals surface area contributed by atoms with E-state index in [0.29, 0.717) is 23.6 Å². The summed E-state index contributed by atoms with van der Waals surface area (Å²) in [5.41, 5.74) is 2.84. The molecule has 1 amide bonds. The molecule has 28 heavy (non-hydrogen) atoms. The number of ether oxygens (including phenoxy) is 3. The molecule has 0 saturated heterocycles. The molecule has 150 valence electrons. The molecular formula is C22H27NO5. The Kier molecular flexibility index (Phi) is 7.58. The minimum atomic E-state index is -0.957. The highest BCUT2D eigenvalue weighted by Crippen LogP contribution is 2.25. The van der Waals surface area contributed by atoms with Gasteiger partial charge in [0.15, 0.2) is 6.10 Å². The lowest BCUT2D eigenvalue weighted by Gasteiger charge is -2.16. The molecule has 0 radical (unpaired) electrons. The van der Waals surface area contributed by atoms with Gasteiger partial charge in [-0.2, -0.15) is 0 Å². The molecule has 0 aliphatic rings. The summed E-state index contributed by atoms with van der Waals surface area (Å²) in [5.74, 6) is -0.453. The largest absolute Gasteiger partial charge is 0.495 e. The Hall–Kier alpha value is -2.86. The van der Waals surface area contributed by atoms with Crippen LogP contribution in [0.2, 0.25) is 0 Å². The topological polar surface area (TPSA) is 73.9 Å². The van der Waals surface area contributed by atoms with E-state index >= 15 is 0 Å². The molecule has 0 bridgehead atoms. The van der Waals surface area contributed by atoms with Gasteiger partial charge in [-0.25, -0.2) is 4.79 Å². The minimum Gasteiger partial charge on any atom is -0.495 e. The Bertz CT molecular complexity index is 814. The van der Waals surface area contributed by atoms with Gasteiger partial charge >= 0.3 is 5.97 Å². The monoisotopic (exact) mass is 385 g/mol. The summed E-state index contributed by atoms with van der Waals surface area (Å²) in [5, 5.41) is 2.74. The highest BCUT2D eigenvalue weighted by molar-refractivity contribution is 5.98. The first kappa shape index (κ1) is 21.4. The molecule has 6 nitrogen and oxygen atoms in total. The van der Waals surface area contributed by atoms with E-state index < -0.39 is 18.0 Å². The molecule has 0 aliphatic carbocycles. The molecule has 6 heteroatoms. The van der Waals surface area contributed by atoms with Crippen LogP contribution in [0.4, 0.5) is 5.69 Å². The predicted molar refractivity (Wildman–Crippen MR) is 108 cm³/mol. The summed E-state index contributed by atoms with van der Waals surface area (Å²) < 4.78 is 16.1. The van der Waals surface area contributed by atoms with Gasteiger partial charge in [-0.3, -0.25) is 4.79 Å². The van der Waals surface area contributed by atoms with E-state index in [1.807, 2.05) is 26.8 Å². The Labute approximate surface area is 165 Å². The Morgan fingerprint density at radius 2 is 1.71 bits per heavy atom. The van der Waals surface area contributed by atoms with E-state index in [4.69, 9.17) is 14.2 Å². The third-order valence-electron chi connectivity index (χ3n) is 4.04. The number of esters is 1. The number of hydrogen-bond acceptors (Lipinski definition) is 5. The standard InChI is InChI=1S/C22H27NO5/c1-14(2)27-13-17-7-9-18(10-8-17)22(25)28-16(4)21(24)23-19-12-15(3)6-11-20(19)26-5/h6-12,14,16H,13H2,1-5H3,(H,23,24)/t16-/m0/s1. The van der Waals surface area contributed by atoms with Gasteiger partial charge < -0.3 is 19.5 Å². The fourth-order valence-electron chi connectivity index (χ4n) is 2.44. The zero-order valence-corrected chi connectivity index (χ0v) is 16.9. The highest BCUT2D eigenvalue weighted by atomic mass is 16.5. The van der Waals surface area contributed by atoms with Crippen molar-refractivity contribution in [2.75, 3.05) is 12.4 Å². The van der Waals surface area contributed by atoms with Crippen LogP contribution in [0, 0.1) is 6.92 Å². The van der Waals surface area contributed by atoms with Crippen molar-refractivity contribution in [1.82, 2.24) is 0 Å². The van der Waals surface area contributed by atoms with Gasteiger partial charge in [0.25, 0.3) is 5.91 Å². The van der Waals surface area contributed by atoms with Crippen LogP contribution in [0.25, 0.3) is 0 Å². The lowest BCUT2D eigenvalue weighted by atomic mass is 10.1. The zero-order valence-electron chi connectivity index (χ0n) is 16.9. The summed E-state index contributed by atoms with van der Waals surface area (Å²) >= 11 is 0.